The molecule has 2 rings (SSSR count). The summed E-state index contributed by atoms with van der Waals surface area (Å²) in [4.78, 5) is 13.5. The van der Waals surface area contributed by atoms with Gasteiger partial charge in [-0.15, -0.1) is 0 Å². The maximum atomic E-state index is 11.1. The number of nitrogen functional groups attached to an aromatic ring is 1. The van der Waals surface area contributed by atoms with E-state index in [4.69, 9.17) is 11.5 Å². The standard InChI is InChI=1S/C15H23N3O/c1-18(13-5-3-2-4-6-13)10-12-8-7-11(15(17)19)9-14(12)16/h7-9,13H,2-6,10,16H2,1H3,(H2,17,19). The van der Waals surface area contributed by atoms with E-state index in [1.165, 1.54) is 32.1 Å². The first-order chi connectivity index (χ1) is 9.08. The van der Waals surface area contributed by atoms with Gasteiger partial charge in [0.15, 0.2) is 0 Å². The van der Waals surface area contributed by atoms with Gasteiger partial charge in [-0.2, -0.15) is 0 Å². The molecule has 0 atom stereocenters. The second kappa shape index (κ2) is 6.06. The molecule has 1 amide bonds. The highest BCUT2D eigenvalue weighted by Gasteiger charge is 2.18. The highest BCUT2D eigenvalue weighted by Crippen LogP contribution is 2.24. The van der Waals surface area contributed by atoms with Gasteiger partial charge >= 0.3 is 0 Å². The predicted octanol–water partition coefficient (Wildman–Crippen LogP) is 2.13. The van der Waals surface area contributed by atoms with Crippen LogP contribution in [0.15, 0.2) is 18.2 Å². The number of rotatable bonds is 4. The molecule has 1 fully saturated rings. The molecule has 4 heteroatoms. The Hall–Kier alpha value is -1.55. The first kappa shape index (κ1) is 13.9. The number of nitrogens with zero attached hydrogens (tertiary/aromatic N) is 1. The maximum absolute atomic E-state index is 11.1. The summed E-state index contributed by atoms with van der Waals surface area (Å²) in [5.74, 6) is -0.432. The second-order valence-corrected chi connectivity index (χ2v) is 5.48. The van der Waals surface area contributed by atoms with Crippen molar-refractivity contribution in [2.75, 3.05) is 12.8 Å². The lowest BCUT2D eigenvalue weighted by Gasteiger charge is -2.31. The Kier molecular flexibility index (Phi) is 4.43. The van der Waals surface area contributed by atoms with Gasteiger partial charge in [0.2, 0.25) is 5.91 Å². The highest BCUT2D eigenvalue weighted by molar-refractivity contribution is 5.93. The molecule has 19 heavy (non-hydrogen) atoms. The van der Waals surface area contributed by atoms with Crippen molar-refractivity contribution in [3.8, 4) is 0 Å². The normalized spacial score (nSPS) is 16.7. The molecule has 1 aromatic rings. The molecule has 0 bridgehead atoms. The van der Waals surface area contributed by atoms with Crippen LogP contribution in [0.25, 0.3) is 0 Å². The van der Waals surface area contributed by atoms with Crippen molar-refractivity contribution in [3.05, 3.63) is 29.3 Å². The van der Waals surface area contributed by atoms with E-state index >= 15 is 0 Å². The Balaban J connectivity index is 2.03. The number of carbonyl (C=O) groups is 1. The number of nitrogens with two attached hydrogens (primary N) is 2. The van der Waals surface area contributed by atoms with Crippen molar-refractivity contribution in [1.29, 1.82) is 0 Å². The van der Waals surface area contributed by atoms with Gasteiger partial charge in [0.05, 0.1) is 0 Å². The van der Waals surface area contributed by atoms with Crippen molar-refractivity contribution >= 4 is 11.6 Å². The molecule has 1 aliphatic rings. The molecular formula is C15H23N3O. The van der Waals surface area contributed by atoms with Gasteiger partial charge in [-0.25, -0.2) is 0 Å². The summed E-state index contributed by atoms with van der Waals surface area (Å²) in [7, 11) is 2.15. The Morgan fingerprint density at radius 1 is 1.32 bits per heavy atom. The maximum Gasteiger partial charge on any atom is 0.248 e. The van der Waals surface area contributed by atoms with Crippen LogP contribution in [0.2, 0.25) is 0 Å². The lowest BCUT2D eigenvalue weighted by Crippen LogP contribution is -2.33. The zero-order valence-electron chi connectivity index (χ0n) is 11.6. The zero-order valence-corrected chi connectivity index (χ0v) is 11.6. The third-order valence-electron chi connectivity index (χ3n) is 4.05. The number of carbonyl (C=O) groups excluding carboxylic acids is 1. The van der Waals surface area contributed by atoms with E-state index < -0.39 is 5.91 Å². The van der Waals surface area contributed by atoms with Crippen LogP contribution < -0.4 is 11.5 Å². The number of hydrogen-bond acceptors (Lipinski definition) is 3. The second-order valence-electron chi connectivity index (χ2n) is 5.48. The minimum Gasteiger partial charge on any atom is -0.398 e. The van der Waals surface area contributed by atoms with E-state index in [1.807, 2.05) is 6.07 Å². The third kappa shape index (κ3) is 3.47. The molecule has 0 aliphatic heterocycles. The summed E-state index contributed by atoms with van der Waals surface area (Å²) in [6.45, 7) is 0.829. The first-order valence-electron chi connectivity index (χ1n) is 6.96. The van der Waals surface area contributed by atoms with E-state index in [9.17, 15) is 4.79 Å². The molecule has 0 aromatic heterocycles. The fourth-order valence-corrected chi connectivity index (χ4v) is 2.81. The largest absolute Gasteiger partial charge is 0.398 e. The van der Waals surface area contributed by atoms with Crippen LogP contribution in [-0.4, -0.2) is 23.9 Å². The first-order valence-corrected chi connectivity index (χ1v) is 6.96. The minimum absolute atomic E-state index is 0.432. The number of hydrogen-bond donors (Lipinski definition) is 2. The molecule has 0 heterocycles. The van der Waals surface area contributed by atoms with Crippen LogP contribution in [0.1, 0.15) is 48.0 Å². The van der Waals surface area contributed by atoms with E-state index in [2.05, 4.69) is 11.9 Å². The van der Waals surface area contributed by atoms with Gasteiger partial charge in [0.25, 0.3) is 0 Å². The third-order valence-corrected chi connectivity index (χ3v) is 4.05. The van der Waals surface area contributed by atoms with Crippen LogP contribution in [0, 0.1) is 0 Å². The minimum atomic E-state index is -0.432. The summed E-state index contributed by atoms with van der Waals surface area (Å²) in [6, 6.07) is 5.99. The van der Waals surface area contributed by atoms with Gasteiger partial charge in [0, 0.05) is 23.8 Å². The monoisotopic (exact) mass is 261 g/mol. The van der Waals surface area contributed by atoms with Crippen molar-refractivity contribution in [1.82, 2.24) is 4.90 Å². The van der Waals surface area contributed by atoms with Gasteiger partial charge in [-0.05, 0) is 37.6 Å². The fraction of sp³-hybridized carbons (Fsp3) is 0.533. The molecular weight excluding hydrogens is 238 g/mol. The molecule has 1 aliphatic carbocycles. The molecule has 1 aromatic carbocycles. The summed E-state index contributed by atoms with van der Waals surface area (Å²) >= 11 is 0. The van der Waals surface area contributed by atoms with Crippen LogP contribution in [0.4, 0.5) is 5.69 Å². The Morgan fingerprint density at radius 3 is 2.58 bits per heavy atom. The molecule has 4 nitrogen and oxygen atoms in total. The topological polar surface area (TPSA) is 72.3 Å². The van der Waals surface area contributed by atoms with E-state index in [0.29, 0.717) is 17.3 Å². The quantitative estimate of drug-likeness (QED) is 0.816. The van der Waals surface area contributed by atoms with Crippen LogP contribution in [-0.2, 0) is 6.54 Å². The average molecular weight is 261 g/mol. The number of amides is 1. The lowest BCUT2D eigenvalue weighted by molar-refractivity contribution is 0.100. The van der Waals surface area contributed by atoms with Crippen LogP contribution in [0.3, 0.4) is 0 Å². The van der Waals surface area contributed by atoms with Gasteiger partial charge in [-0.1, -0.05) is 25.3 Å². The van der Waals surface area contributed by atoms with Crippen molar-refractivity contribution in [2.24, 2.45) is 5.73 Å². The molecule has 1 saturated carbocycles. The SMILES string of the molecule is CN(Cc1ccc(C(N)=O)cc1N)C1CCCCC1. The molecule has 0 saturated heterocycles. The molecule has 0 unspecified atom stereocenters. The summed E-state index contributed by atoms with van der Waals surface area (Å²) in [5.41, 5.74) is 13.4. The van der Waals surface area contributed by atoms with Crippen molar-refractivity contribution in [3.63, 3.8) is 0 Å². The molecule has 0 radical (unpaired) electrons. The van der Waals surface area contributed by atoms with Crippen LogP contribution >= 0.6 is 0 Å². The van der Waals surface area contributed by atoms with Crippen LogP contribution in [0.5, 0.6) is 0 Å². The summed E-state index contributed by atoms with van der Waals surface area (Å²) in [6.07, 6.45) is 6.56. The summed E-state index contributed by atoms with van der Waals surface area (Å²) < 4.78 is 0. The fourth-order valence-electron chi connectivity index (χ4n) is 2.81. The number of primary amides is 1. The van der Waals surface area contributed by atoms with Crippen molar-refractivity contribution in [2.45, 2.75) is 44.7 Å². The average Bonchev–Trinajstić information content (AvgIpc) is 2.41. The number of anilines is 1. The Labute approximate surface area is 114 Å². The smallest absolute Gasteiger partial charge is 0.248 e. The van der Waals surface area contributed by atoms with Gasteiger partial charge < -0.3 is 11.5 Å². The van der Waals surface area contributed by atoms with Crippen molar-refractivity contribution < 1.29 is 4.79 Å². The Bertz CT molecular complexity index is 453. The van der Waals surface area contributed by atoms with E-state index in [-0.39, 0.29) is 0 Å². The summed E-state index contributed by atoms with van der Waals surface area (Å²) in [5, 5.41) is 0. The number of benzene rings is 1. The van der Waals surface area contributed by atoms with Gasteiger partial charge in [-0.3, -0.25) is 9.69 Å². The molecule has 0 spiro atoms. The predicted molar refractivity (Wildman–Crippen MR) is 77.7 cm³/mol. The van der Waals surface area contributed by atoms with E-state index in [0.717, 1.165) is 12.1 Å². The zero-order chi connectivity index (χ0) is 13.8. The highest BCUT2D eigenvalue weighted by atomic mass is 16.1. The van der Waals surface area contributed by atoms with Gasteiger partial charge in [0.1, 0.15) is 0 Å². The molecule has 4 N–H and O–H groups in total. The Morgan fingerprint density at radius 2 is 2.00 bits per heavy atom. The lowest BCUT2D eigenvalue weighted by atomic mass is 9.94. The molecule has 104 valence electrons. The van der Waals surface area contributed by atoms with E-state index in [1.54, 1.807) is 12.1 Å².